The zero-order valence-corrected chi connectivity index (χ0v) is 8.90. The van der Waals surface area contributed by atoms with Gasteiger partial charge in [0.2, 0.25) is 0 Å². The number of alkyl halides is 3. The Hall–Kier alpha value is 0.690. The molecule has 0 aliphatic rings. The van der Waals surface area contributed by atoms with Gasteiger partial charge >= 0.3 is 6.41 Å². The van der Waals surface area contributed by atoms with E-state index in [0.717, 1.165) is 18.4 Å². The summed E-state index contributed by atoms with van der Waals surface area (Å²) in [5.41, 5.74) is 0. The second kappa shape index (κ2) is 5.36. The monoisotopic (exact) mass is 234 g/mol. The minimum Gasteiger partial charge on any atom is -0.274 e. The van der Waals surface area contributed by atoms with E-state index in [4.69, 9.17) is 34.8 Å². The van der Waals surface area contributed by atoms with Crippen LogP contribution in [0.1, 0.15) is 13.3 Å². The number of hydrogen-bond donors (Lipinski definition) is 0. The summed E-state index contributed by atoms with van der Waals surface area (Å²) in [4.78, 5) is 10.2. The van der Waals surface area contributed by atoms with Gasteiger partial charge in [0.1, 0.15) is 0 Å². The second-order valence-electron chi connectivity index (χ2n) is 1.73. The topological polar surface area (TPSA) is 20.3 Å². The first kappa shape index (κ1) is 11.7. The smallest absolute Gasteiger partial charge is 0.274 e. The summed E-state index contributed by atoms with van der Waals surface area (Å²) >= 11 is 17.1. The van der Waals surface area contributed by atoms with Gasteiger partial charge in [0.25, 0.3) is 3.12 Å². The standard InChI is InChI=1S/C5H7Cl3NOS/c1-2-3-9(4-10)11-5(6,7)8/h2-3H2,1H3. The van der Waals surface area contributed by atoms with Gasteiger partial charge in [-0.2, -0.15) is 0 Å². The molecule has 6 heteroatoms. The Morgan fingerprint density at radius 3 is 2.36 bits per heavy atom. The maximum atomic E-state index is 10.2. The van der Waals surface area contributed by atoms with Crippen molar-refractivity contribution in [2.75, 3.05) is 6.54 Å². The van der Waals surface area contributed by atoms with Crippen LogP contribution in [0.2, 0.25) is 0 Å². The van der Waals surface area contributed by atoms with Gasteiger partial charge in [0.05, 0.1) is 0 Å². The number of hydrogen-bond acceptors (Lipinski definition) is 2. The summed E-state index contributed by atoms with van der Waals surface area (Å²) in [5.74, 6) is 0. The minimum absolute atomic E-state index is 0.530. The van der Waals surface area contributed by atoms with E-state index in [1.165, 1.54) is 4.31 Å². The Bertz CT molecular complexity index is 127. The first-order valence-electron chi connectivity index (χ1n) is 2.90. The molecule has 0 aliphatic carbocycles. The number of amides is 1. The van der Waals surface area contributed by atoms with E-state index in [9.17, 15) is 4.79 Å². The molecule has 0 aromatic rings. The van der Waals surface area contributed by atoms with Gasteiger partial charge in [-0.1, -0.05) is 41.7 Å². The fourth-order valence-corrected chi connectivity index (χ4v) is 1.75. The van der Waals surface area contributed by atoms with E-state index < -0.39 is 3.12 Å². The summed E-state index contributed by atoms with van der Waals surface area (Å²) in [6.45, 7) is 2.45. The molecule has 0 saturated heterocycles. The van der Waals surface area contributed by atoms with Crippen LogP contribution in [0.3, 0.4) is 0 Å². The molecular weight excluding hydrogens is 228 g/mol. The van der Waals surface area contributed by atoms with Crippen LogP contribution in [0.5, 0.6) is 0 Å². The third kappa shape index (κ3) is 7.06. The third-order valence-electron chi connectivity index (χ3n) is 0.742. The van der Waals surface area contributed by atoms with Crippen molar-refractivity contribution in [2.45, 2.75) is 16.5 Å². The van der Waals surface area contributed by atoms with Gasteiger partial charge in [-0.05, 0) is 6.42 Å². The molecule has 0 rings (SSSR count). The Kier molecular flexibility index (Phi) is 5.69. The average molecular weight is 236 g/mol. The molecule has 0 bridgehead atoms. The van der Waals surface area contributed by atoms with Gasteiger partial charge < -0.3 is 0 Å². The van der Waals surface area contributed by atoms with Gasteiger partial charge in [0.15, 0.2) is 0 Å². The Labute approximate surface area is 85.3 Å². The molecule has 0 atom stereocenters. The van der Waals surface area contributed by atoms with E-state index in [1.54, 1.807) is 6.41 Å². The largest absolute Gasteiger partial charge is 0.322 e. The fourth-order valence-electron chi connectivity index (χ4n) is 0.438. The van der Waals surface area contributed by atoms with Crippen LogP contribution in [0.15, 0.2) is 0 Å². The molecule has 0 N–H and O–H groups in total. The summed E-state index contributed by atoms with van der Waals surface area (Å²) in [6, 6.07) is 0. The quantitative estimate of drug-likeness (QED) is 0.424. The molecule has 2 nitrogen and oxygen atoms in total. The minimum atomic E-state index is -1.48. The molecule has 11 heavy (non-hydrogen) atoms. The van der Waals surface area contributed by atoms with E-state index >= 15 is 0 Å². The highest BCUT2D eigenvalue weighted by molar-refractivity contribution is 8.02. The lowest BCUT2D eigenvalue weighted by Gasteiger charge is -2.18. The lowest BCUT2D eigenvalue weighted by Crippen LogP contribution is -2.18. The van der Waals surface area contributed by atoms with Crippen molar-refractivity contribution >= 4 is 53.2 Å². The summed E-state index contributed by atoms with van der Waals surface area (Å²) < 4.78 is -0.250. The Morgan fingerprint density at radius 2 is 2.09 bits per heavy atom. The molecule has 0 aliphatic heterocycles. The van der Waals surface area contributed by atoms with Gasteiger partial charge in [-0.15, -0.1) is 0 Å². The molecule has 1 amide bonds. The fraction of sp³-hybridized carbons (Fsp3) is 0.800. The molecule has 0 heterocycles. The van der Waals surface area contributed by atoms with Crippen molar-refractivity contribution in [2.24, 2.45) is 0 Å². The maximum Gasteiger partial charge on any atom is 0.322 e. The zero-order chi connectivity index (χ0) is 8.91. The summed E-state index contributed by atoms with van der Waals surface area (Å²) in [5, 5.41) is 0. The highest BCUT2D eigenvalue weighted by atomic mass is 35.6. The van der Waals surface area contributed by atoms with Crippen LogP contribution in [-0.4, -0.2) is 20.4 Å². The van der Waals surface area contributed by atoms with Crippen LogP contribution >= 0.6 is 46.8 Å². The molecule has 0 fully saturated rings. The maximum absolute atomic E-state index is 10.2. The predicted molar refractivity (Wildman–Crippen MR) is 50.6 cm³/mol. The summed E-state index contributed by atoms with van der Waals surface area (Å²) in [6.07, 6.45) is 2.46. The van der Waals surface area contributed by atoms with Crippen LogP contribution in [0.4, 0.5) is 0 Å². The Balaban J connectivity index is 3.77. The normalized spacial score (nSPS) is 11.3. The SMILES string of the molecule is CCCN([C]=O)SC(Cl)(Cl)Cl. The van der Waals surface area contributed by atoms with Crippen LogP contribution in [-0.2, 0) is 4.79 Å². The molecule has 0 aromatic carbocycles. The summed E-state index contributed by atoms with van der Waals surface area (Å²) in [7, 11) is 0. The molecule has 65 valence electrons. The van der Waals surface area contributed by atoms with E-state index in [-0.39, 0.29) is 0 Å². The molecule has 0 spiro atoms. The average Bonchev–Trinajstić information content (AvgIpc) is 1.84. The van der Waals surface area contributed by atoms with Crippen molar-refractivity contribution in [3.63, 3.8) is 0 Å². The number of carbonyl (C=O) groups excluding carboxylic acids is 1. The highest BCUT2D eigenvalue weighted by Gasteiger charge is 2.24. The van der Waals surface area contributed by atoms with Gasteiger partial charge in [-0.25, -0.2) is 0 Å². The molecule has 0 aromatic heterocycles. The van der Waals surface area contributed by atoms with Crippen LogP contribution < -0.4 is 0 Å². The highest BCUT2D eigenvalue weighted by Crippen LogP contribution is 2.40. The van der Waals surface area contributed by atoms with Crippen LogP contribution in [0.25, 0.3) is 0 Å². The van der Waals surface area contributed by atoms with Crippen molar-refractivity contribution in [3.8, 4) is 0 Å². The number of halogens is 3. The van der Waals surface area contributed by atoms with Crippen molar-refractivity contribution in [1.82, 2.24) is 4.31 Å². The molecule has 0 unspecified atom stereocenters. The number of rotatable bonds is 4. The lowest BCUT2D eigenvalue weighted by molar-refractivity contribution is 0.502. The third-order valence-corrected chi connectivity index (χ3v) is 2.05. The lowest BCUT2D eigenvalue weighted by atomic mass is 10.5. The molecular formula is C5H7Cl3NOS. The predicted octanol–water partition coefficient (Wildman–Crippen LogP) is 2.74. The number of nitrogens with zero attached hydrogens (tertiary/aromatic N) is 1. The van der Waals surface area contributed by atoms with Crippen molar-refractivity contribution in [3.05, 3.63) is 0 Å². The molecule has 1 radical (unpaired) electrons. The van der Waals surface area contributed by atoms with E-state index in [0.29, 0.717) is 6.54 Å². The first-order valence-corrected chi connectivity index (χ1v) is 4.81. The zero-order valence-electron chi connectivity index (χ0n) is 5.81. The van der Waals surface area contributed by atoms with Gasteiger partial charge in [-0.3, -0.25) is 9.10 Å². The second-order valence-corrected chi connectivity index (χ2v) is 5.92. The van der Waals surface area contributed by atoms with Gasteiger partial charge in [0, 0.05) is 18.5 Å². The first-order chi connectivity index (χ1) is 4.99. The van der Waals surface area contributed by atoms with E-state index in [1.807, 2.05) is 6.92 Å². The van der Waals surface area contributed by atoms with Crippen LogP contribution in [0, 0.1) is 0 Å². The van der Waals surface area contributed by atoms with Crippen molar-refractivity contribution < 1.29 is 4.79 Å². The Morgan fingerprint density at radius 1 is 1.55 bits per heavy atom. The van der Waals surface area contributed by atoms with Crippen molar-refractivity contribution in [1.29, 1.82) is 0 Å². The molecule has 0 saturated carbocycles. The van der Waals surface area contributed by atoms with E-state index in [2.05, 4.69) is 0 Å².